The Kier molecular flexibility index (Phi) is 49.7. The quantitative estimate of drug-likeness (QED) is 0.0196. The summed E-state index contributed by atoms with van der Waals surface area (Å²) in [5.41, 5.74) is 0. The normalized spacial score (nSPS) is 19.2. The SMILES string of the molecule is CC/C=C\C/C=C\C/C=C\C/C=C\C/C=C\C/C=C\CCCCCCC(=O)OC(COCCCCCCCCCCCCCCCC/C=C\CCCCCCCCCC)COC1OC(CO)C(O)C(OS(=O)(=O)O)C1O. The van der Waals surface area contributed by atoms with Crippen molar-refractivity contribution in [3.05, 3.63) is 85.1 Å². The third kappa shape index (κ3) is 45.2. The molecule has 76 heavy (non-hydrogen) atoms. The topological polar surface area (TPSA) is 178 Å². The summed E-state index contributed by atoms with van der Waals surface area (Å²) in [4.78, 5) is 13.0. The molecule has 6 unspecified atom stereocenters. The molecule has 0 aromatic heterocycles. The molecule has 0 bridgehead atoms. The van der Waals surface area contributed by atoms with Gasteiger partial charge >= 0.3 is 16.4 Å². The van der Waals surface area contributed by atoms with Crippen LogP contribution in [0.4, 0.5) is 0 Å². The molecule has 6 atom stereocenters. The van der Waals surface area contributed by atoms with Gasteiger partial charge in [0.15, 0.2) is 6.29 Å². The zero-order valence-corrected chi connectivity index (χ0v) is 48.6. The molecule has 0 aromatic rings. The fraction of sp³-hybridized carbons (Fsp3) is 0.762. The Bertz CT molecular complexity index is 1640. The minimum Gasteiger partial charge on any atom is -0.457 e. The average molecular weight is 1090 g/mol. The molecular formula is C63H110O12S. The van der Waals surface area contributed by atoms with Crippen LogP contribution in [0.15, 0.2) is 85.1 Å². The molecule has 0 radical (unpaired) electrons. The Morgan fingerprint density at radius 1 is 0.513 bits per heavy atom. The predicted molar refractivity (Wildman–Crippen MR) is 312 cm³/mol. The summed E-state index contributed by atoms with van der Waals surface area (Å²) in [5, 5.41) is 30.9. The van der Waals surface area contributed by atoms with E-state index >= 15 is 0 Å². The first-order valence-corrected chi connectivity index (χ1v) is 31.7. The van der Waals surface area contributed by atoms with Gasteiger partial charge in [-0.3, -0.25) is 9.35 Å². The molecule has 1 fully saturated rings. The number of carbonyl (C=O) groups excluding carboxylic acids is 1. The molecule has 0 amide bonds. The van der Waals surface area contributed by atoms with Gasteiger partial charge in [-0.2, -0.15) is 8.42 Å². The molecule has 440 valence electrons. The first kappa shape index (κ1) is 71.3. The maximum absolute atomic E-state index is 13.0. The van der Waals surface area contributed by atoms with Crippen LogP contribution in [-0.2, 0) is 38.3 Å². The molecule has 1 heterocycles. The van der Waals surface area contributed by atoms with Gasteiger partial charge in [-0.1, -0.05) is 234 Å². The molecule has 0 aliphatic carbocycles. The highest BCUT2D eigenvalue weighted by atomic mass is 32.3. The molecule has 4 N–H and O–H groups in total. The maximum Gasteiger partial charge on any atom is 0.397 e. The van der Waals surface area contributed by atoms with Crippen molar-refractivity contribution < 1.29 is 56.2 Å². The molecule has 1 rings (SSSR count). The number of rotatable bonds is 53. The van der Waals surface area contributed by atoms with Crippen LogP contribution in [0.1, 0.15) is 245 Å². The number of carbonyl (C=O) groups is 1. The lowest BCUT2D eigenvalue weighted by atomic mass is 9.99. The number of allylic oxidation sites excluding steroid dienone is 14. The number of unbranched alkanes of at least 4 members (excludes halogenated alkanes) is 26. The van der Waals surface area contributed by atoms with Crippen LogP contribution in [0.25, 0.3) is 0 Å². The van der Waals surface area contributed by atoms with Crippen molar-refractivity contribution in [2.24, 2.45) is 0 Å². The highest BCUT2D eigenvalue weighted by Crippen LogP contribution is 2.26. The number of esters is 1. The second kappa shape index (κ2) is 53.0. The molecule has 0 saturated carbocycles. The van der Waals surface area contributed by atoms with Gasteiger partial charge in [0.25, 0.3) is 0 Å². The Morgan fingerprint density at radius 2 is 0.908 bits per heavy atom. The van der Waals surface area contributed by atoms with E-state index in [-0.39, 0.29) is 19.6 Å². The Balaban J connectivity index is 2.30. The standard InChI is InChI=1S/C63H110O12S/c1-3-5-7-9-11-13-15-17-19-21-23-25-27-28-29-31-33-35-37-39-41-43-45-47-49-51-53-71-55-57(56-72-63-61(67)62(75-76(68,69)70)60(66)58(54-64)74-63)73-59(65)52-50-48-46-44-42-40-38-36-34-32-30-26-24-22-20-18-16-14-12-10-8-6-4-2/h6,8,12,14,18,20-21,23-24,26,32,34,38,40,57-58,60-64,66-67H,3-5,7,9-11,13,15-17,19,22,25,27-31,33,35-37,39,41-56H2,1-2H3,(H,68,69,70)/b8-6-,14-12-,20-18-,23-21-,26-24-,34-32-,40-38-. The summed E-state index contributed by atoms with van der Waals surface area (Å²) >= 11 is 0. The molecule has 12 nitrogen and oxygen atoms in total. The van der Waals surface area contributed by atoms with Gasteiger partial charge < -0.3 is 34.3 Å². The minimum absolute atomic E-state index is 0.0221. The Labute approximate surface area is 463 Å². The summed E-state index contributed by atoms with van der Waals surface area (Å²) in [7, 11) is -5.08. The van der Waals surface area contributed by atoms with Crippen molar-refractivity contribution in [1.82, 2.24) is 0 Å². The summed E-state index contributed by atoms with van der Waals surface area (Å²) in [6.45, 7) is 3.87. The van der Waals surface area contributed by atoms with Crippen LogP contribution < -0.4 is 0 Å². The Hall–Kier alpha value is -2.72. The van der Waals surface area contributed by atoms with Crippen molar-refractivity contribution in [1.29, 1.82) is 0 Å². The van der Waals surface area contributed by atoms with Crippen LogP contribution in [0.5, 0.6) is 0 Å². The van der Waals surface area contributed by atoms with Crippen molar-refractivity contribution in [2.45, 2.75) is 282 Å². The third-order valence-electron chi connectivity index (χ3n) is 13.5. The fourth-order valence-corrected chi connectivity index (χ4v) is 9.48. The van der Waals surface area contributed by atoms with E-state index in [0.29, 0.717) is 13.0 Å². The zero-order chi connectivity index (χ0) is 55.3. The lowest BCUT2D eigenvalue weighted by molar-refractivity contribution is -0.301. The van der Waals surface area contributed by atoms with Crippen molar-refractivity contribution in [3.8, 4) is 0 Å². The highest BCUT2D eigenvalue weighted by molar-refractivity contribution is 7.80. The lowest BCUT2D eigenvalue weighted by Gasteiger charge is -2.41. The van der Waals surface area contributed by atoms with Gasteiger partial charge in [0.05, 0.1) is 19.8 Å². The van der Waals surface area contributed by atoms with Crippen LogP contribution in [0.3, 0.4) is 0 Å². The summed E-state index contributed by atoms with van der Waals surface area (Å²) < 4.78 is 59.5. The molecule has 0 aromatic carbocycles. The van der Waals surface area contributed by atoms with E-state index in [1.807, 2.05) is 0 Å². The van der Waals surface area contributed by atoms with E-state index in [1.54, 1.807) is 0 Å². The first-order chi connectivity index (χ1) is 37.1. The van der Waals surface area contributed by atoms with Crippen LogP contribution in [0, 0.1) is 0 Å². The molecule has 1 aliphatic rings. The summed E-state index contributed by atoms with van der Waals surface area (Å²) in [6.07, 6.45) is 63.4. The zero-order valence-electron chi connectivity index (χ0n) is 47.8. The second-order valence-corrected chi connectivity index (χ2v) is 21.6. The molecule has 0 spiro atoms. The molecule has 13 heteroatoms. The van der Waals surface area contributed by atoms with Crippen molar-refractivity contribution in [2.75, 3.05) is 26.4 Å². The fourth-order valence-electron chi connectivity index (χ4n) is 8.97. The monoisotopic (exact) mass is 1090 g/mol. The van der Waals surface area contributed by atoms with Crippen LogP contribution in [-0.4, -0.2) is 97.5 Å². The first-order valence-electron chi connectivity index (χ1n) is 30.3. The van der Waals surface area contributed by atoms with Gasteiger partial charge in [-0.15, -0.1) is 0 Å². The number of ether oxygens (including phenoxy) is 4. The Morgan fingerprint density at radius 3 is 1.34 bits per heavy atom. The third-order valence-corrected chi connectivity index (χ3v) is 14.0. The van der Waals surface area contributed by atoms with Crippen molar-refractivity contribution >= 4 is 16.4 Å². The van der Waals surface area contributed by atoms with E-state index in [2.05, 4.69) is 103 Å². The van der Waals surface area contributed by atoms with E-state index in [9.17, 15) is 33.1 Å². The largest absolute Gasteiger partial charge is 0.457 e. The van der Waals surface area contributed by atoms with E-state index in [4.69, 9.17) is 18.9 Å². The van der Waals surface area contributed by atoms with Crippen LogP contribution >= 0.6 is 0 Å². The number of hydrogen-bond donors (Lipinski definition) is 4. The molecule has 1 aliphatic heterocycles. The average Bonchev–Trinajstić information content (AvgIpc) is 3.40. The summed E-state index contributed by atoms with van der Waals surface area (Å²) in [6, 6.07) is 0. The van der Waals surface area contributed by atoms with Gasteiger partial charge in [-0.05, 0) is 89.9 Å². The van der Waals surface area contributed by atoms with E-state index < -0.39 is 59.8 Å². The lowest BCUT2D eigenvalue weighted by Crippen LogP contribution is -2.60. The predicted octanol–water partition coefficient (Wildman–Crippen LogP) is 15.5. The smallest absolute Gasteiger partial charge is 0.397 e. The van der Waals surface area contributed by atoms with E-state index in [0.717, 1.165) is 83.5 Å². The molecular weight excluding hydrogens is 981 g/mol. The number of aliphatic hydroxyl groups excluding tert-OH is 3. The number of aliphatic hydroxyl groups is 3. The van der Waals surface area contributed by atoms with Gasteiger partial charge in [0, 0.05) is 13.0 Å². The van der Waals surface area contributed by atoms with Gasteiger partial charge in [-0.25, -0.2) is 4.18 Å². The number of hydrogen-bond acceptors (Lipinski definition) is 11. The highest BCUT2D eigenvalue weighted by Gasteiger charge is 2.48. The maximum atomic E-state index is 13.0. The van der Waals surface area contributed by atoms with Crippen LogP contribution in [0.2, 0.25) is 0 Å². The molecule has 1 saturated heterocycles. The second-order valence-electron chi connectivity index (χ2n) is 20.6. The minimum atomic E-state index is -5.08. The van der Waals surface area contributed by atoms with E-state index in [1.165, 1.54) is 135 Å². The summed E-state index contributed by atoms with van der Waals surface area (Å²) in [5.74, 6) is -0.423. The van der Waals surface area contributed by atoms with Crippen molar-refractivity contribution in [3.63, 3.8) is 0 Å². The van der Waals surface area contributed by atoms with Gasteiger partial charge in [0.2, 0.25) is 0 Å². The van der Waals surface area contributed by atoms with Gasteiger partial charge in [0.1, 0.15) is 30.5 Å².